The van der Waals surface area contributed by atoms with Crippen LogP contribution >= 0.6 is 0 Å². The fraction of sp³-hybridized carbons (Fsp3) is 0.348. The number of hydrogen-bond donors (Lipinski definition) is 3. The smallest absolute Gasteiger partial charge is 0.195 e. The zero-order chi connectivity index (χ0) is 22.4. The number of benzene rings is 2. The summed E-state index contributed by atoms with van der Waals surface area (Å²) in [5, 5.41) is 5.61. The Morgan fingerprint density at radius 3 is 2.42 bits per heavy atom. The number of unbranched alkanes of at least 4 members (excludes halogenated alkanes) is 2. The van der Waals surface area contributed by atoms with Crippen LogP contribution in [0.1, 0.15) is 32.6 Å². The molecule has 0 saturated carbocycles. The van der Waals surface area contributed by atoms with Gasteiger partial charge in [-0.05, 0) is 37.6 Å². The van der Waals surface area contributed by atoms with Crippen molar-refractivity contribution in [1.29, 1.82) is 0 Å². The first-order valence-corrected chi connectivity index (χ1v) is 10.4. The van der Waals surface area contributed by atoms with Gasteiger partial charge in [0.1, 0.15) is 17.4 Å². The van der Waals surface area contributed by atoms with Gasteiger partial charge in [0.25, 0.3) is 0 Å². The highest BCUT2D eigenvalue weighted by molar-refractivity contribution is 5.91. The summed E-state index contributed by atoms with van der Waals surface area (Å²) in [6.45, 7) is 3.48. The van der Waals surface area contributed by atoms with Crippen molar-refractivity contribution in [2.24, 2.45) is 5.73 Å². The van der Waals surface area contributed by atoms with E-state index < -0.39 is 22.9 Å². The standard InChI is InChI=1S/C23H26F3N3O2/c1-2-3-4-9-29-22-16(25)12-17(26)23-21(22)19(30)13-20(31-23)14-6-7-18(15(24)11-14)28-10-5-8-27/h6-7,11-13,28-29H,2-5,8-10,27H2,1H3. The minimum absolute atomic E-state index is 0.00708. The summed E-state index contributed by atoms with van der Waals surface area (Å²) in [5.74, 6) is -2.41. The third-order valence-corrected chi connectivity index (χ3v) is 4.94. The minimum Gasteiger partial charge on any atom is -0.453 e. The van der Waals surface area contributed by atoms with Crippen molar-refractivity contribution < 1.29 is 17.6 Å². The van der Waals surface area contributed by atoms with Crippen LogP contribution in [0.25, 0.3) is 22.3 Å². The van der Waals surface area contributed by atoms with E-state index in [1.807, 2.05) is 6.92 Å². The lowest BCUT2D eigenvalue weighted by Crippen LogP contribution is -2.11. The average Bonchev–Trinajstić information content (AvgIpc) is 2.74. The van der Waals surface area contributed by atoms with E-state index in [0.29, 0.717) is 32.1 Å². The Labute approximate surface area is 178 Å². The highest BCUT2D eigenvalue weighted by Crippen LogP contribution is 2.31. The molecule has 0 atom stereocenters. The van der Waals surface area contributed by atoms with Crippen LogP contribution in [0.2, 0.25) is 0 Å². The van der Waals surface area contributed by atoms with E-state index in [-0.39, 0.29) is 33.7 Å². The van der Waals surface area contributed by atoms with E-state index in [0.717, 1.165) is 25.3 Å². The van der Waals surface area contributed by atoms with Crippen molar-refractivity contribution in [1.82, 2.24) is 0 Å². The van der Waals surface area contributed by atoms with Gasteiger partial charge in [-0.25, -0.2) is 13.2 Å². The van der Waals surface area contributed by atoms with E-state index in [1.165, 1.54) is 12.1 Å². The fourth-order valence-electron chi connectivity index (χ4n) is 3.31. The lowest BCUT2D eigenvalue weighted by atomic mass is 10.1. The van der Waals surface area contributed by atoms with E-state index in [1.54, 1.807) is 6.07 Å². The molecule has 8 heteroatoms. The molecule has 5 nitrogen and oxygen atoms in total. The molecule has 3 rings (SSSR count). The van der Waals surface area contributed by atoms with Crippen LogP contribution in [0.3, 0.4) is 0 Å². The van der Waals surface area contributed by atoms with E-state index >= 15 is 0 Å². The monoisotopic (exact) mass is 433 g/mol. The highest BCUT2D eigenvalue weighted by atomic mass is 19.1. The number of rotatable bonds is 10. The van der Waals surface area contributed by atoms with Crippen molar-refractivity contribution >= 4 is 22.3 Å². The number of nitrogens with one attached hydrogen (secondary N) is 2. The third-order valence-electron chi connectivity index (χ3n) is 4.94. The molecule has 0 fully saturated rings. The molecular formula is C23H26F3N3O2. The molecule has 1 heterocycles. The largest absolute Gasteiger partial charge is 0.453 e. The zero-order valence-electron chi connectivity index (χ0n) is 17.4. The molecule has 4 N–H and O–H groups in total. The second-order valence-electron chi connectivity index (χ2n) is 7.29. The maximum atomic E-state index is 14.5. The SMILES string of the molecule is CCCCCNc1c(F)cc(F)c2oc(-c3ccc(NCCCN)c(F)c3)cc(=O)c12. The summed E-state index contributed by atoms with van der Waals surface area (Å²) >= 11 is 0. The maximum absolute atomic E-state index is 14.5. The van der Waals surface area contributed by atoms with Crippen molar-refractivity contribution in [3.8, 4) is 11.3 Å². The van der Waals surface area contributed by atoms with Gasteiger partial charge in [-0.15, -0.1) is 0 Å². The van der Waals surface area contributed by atoms with Gasteiger partial charge in [0.05, 0.1) is 16.8 Å². The summed E-state index contributed by atoms with van der Waals surface area (Å²) in [5.41, 5.74) is 4.91. The molecule has 166 valence electrons. The first kappa shape index (κ1) is 22.7. The maximum Gasteiger partial charge on any atom is 0.195 e. The molecule has 2 aromatic carbocycles. The van der Waals surface area contributed by atoms with Gasteiger partial charge in [0.15, 0.2) is 16.8 Å². The Balaban J connectivity index is 1.99. The van der Waals surface area contributed by atoms with Gasteiger partial charge in [0, 0.05) is 30.8 Å². The van der Waals surface area contributed by atoms with Crippen LogP contribution in [0.5, 0.6) is 0 Å². The number of hydrogen-bond acceptors (Lipinski definition) is 5. The molecule has 0 aliphatic rings. The summed E-state index contributed by atoms with van der Waals surface area (Å²) in [4.78, 5) is 12.8. The third kappa shape index (κ3) is 5.19. The Bertz CT molecular complexity index is 1120. The molecular weight excluding hydrogens is 407 g/mol. The van der Waals surface area contributed by atoms with Gasteiger partial charge in [-0.2, -0.15) is 0 Å². The second-order valence-corrected chi connectivity index (χ2v) is 7.29. The molecule has 0 unspecified atom stereocenters. The lowest BCUT2D eigenvalue weighted by molar-refractivity contribution is 0.545. The predicted molar refractivity (Wildman–Crippen MR) is 118 cm³/mol. The number of fused-ring (bicyclic) bond motifs is 1. The molecule has 0 radical (unpaired) electrons. The van der Waals surface area contributed by atoms with Gasteiger partial charge in [-0.1, -0.05) is 19.8 Å². The van der Waals surface area contributed by atoms with Crippen molar-refractivity contribution in [2.75, 3.05) is 30.3 Å². The molecule has 0 bridgehead atoms. The summed E-state index contributed by atoms with van der Waals surface area (Å²) in [6.07, 6.45) is 3.39. The van der Waals surface area contributed by atoms with Gasteiger partial charge >= 0.3 is 0 Å². The summed E-state index contributed by atoms with van der Waals surface area (Å²) in [6, 6.07) is 6.06. The predicted octanol–water partition coefficient (Wildman–Crippen LogP) is 5.24. The van der Waals surface area contributed by atoms with Gasteiger partial charge < -0.3 is 20.8 Å². The van der Waals surface area contributed by atoms with Crippen LogP contribution in [0, 0.1) is 17.5 Å². The van der Waals surface area contributed by atoms with Crippen LogP contribution in [0.15, 0.2) is 39.5 Å². The summed E-state index contributed by atoms with van der Waals surface area (Å²) in [7, 11) is 0. The zero-order valence-corrected chi connectivity index (χ0v) is 17.4. The van der Waals surface area contributed by atoms with E-state index in [9.17, 15) is 18.0 Å². The number of halogens is 3. The van der Waals surface area contributed by atoms with Crippen LogP contribution in [0.4, 0.5) is 24.5 Å². The van der Waals surface area contributed by atoms with Crippen molar-refractivity contribution in [2.45, 2.75) is 32.6 Å². The lowest BCUT2D eigenvalue weighted by Gasteiger charge is -2.12. The van der Waals surface area contributed by atoms with Crippen LogP contribution in [-0.2, 0) is 0 Å². The first-order chi connectivity index (χ1) is 15.0. The Hall–Kier alpha value is -3.00. The Kier molecular flexibility index (Phi) is 7.57. The second kappa shape index (κ2) is 10.3. The van der Waals surface area contributed by atoms with Crippen molar-refractivity contribution in [3.05, 3.63) is 58.0 Å². The van der Waals surface area contributed by atoms with Crippen molar-refractivity contribution in [3.63, 3.8) is 0 Å². The fourth-order valence-corrected chi connectivity index (χ4v) is 3.31. The number of nitrogens with two attached hydrogens (primary N) is 1. The molecule has 31 heavy (non-hydrogen) atoms. The topological polar surface area (TPSA) is 80.3 Å². The van der Waals surface area contributed by atoms with Crippen LogP contribution in [-0.4, -0.2) is 19.6 Å². The minimum atomic E-state index is -0.994. The van der Waals surface area contributed by atoms with Crippen LogP contribution < -0.4 is 21.8 Å². The summed E-state index contributed by atoms with van der Waals surface area (Å²) < 4.78 is 48.9. The van der Waals surface area contributed by atoms with E-state index in [2.05, 4.69) is 10.6 Å². The Morgan fingerprint density at radius 1 is 0.935 bits per heavy atom. The van der Waals surface area contributed by atoms with Gasteiger partial charge in [-0.3, -0.25) is 4.79 Å². The molecule has 0 saturated heterocycles. The average molecular weight is 433 g/mol. The van der Waals surface area contributed by atoms with Gasteiger partial charge in [0.2, 0.25) is 0 Å². The quantitative estimate of drug-likeness (QED) is 0.381. The highest BCUT2D eigenvalue weighted by Gasteiger charge is 2.19. The molecule has 0 spiro atoms. The molecule has 0 amide bonds. The first-order valence-electron chi connectivity index (χ1n) is 10.4. The normalized spacial score (nSPS) is 11.1. The molecule has 0 aliphatic carbocycles. The molecule has 3 aromatic rings. The molecule has 1 aromatic heterocycles. The Morgan fingerprint density at radius 2 is 1.71 bits per heavy atom. The van der Waals surface area contributed by atoms with E-state index in [4.69, 9.17) is 10.2 Å². The molecule has 0 aliphatic heterocycles. The number of anilines is 2.